The molecule has 2 aromatic heterocycles. The lowest BCUT2D eigenvalue weighted by Gasteiger charge is -2.31. The molecule has 132 valence electrons. The van der Waals surface area contributed by atoms with Crippen LogP contribution in [0.3, 0.4) is 0 Å². The van der Waals surface area contributed by atoms with E-state index >= 15 is 0 Å². The first-order valence-corrected chi connectivity index (χ1v) is 9.36. The van der Waals surface area contributed by atoms with Gasteiger partial charge in [0.15, 0.2) is 0 Å². The van der Waals surface area contributed by atoms with Gasteiger partial charge in [-0.3, -0.25) is 14.7 Å². The van der Waals surface area contributed by atoms with Crippen LogP contribution in [0.2, 0.25) is 0 Å². The van der Waals surface area contributed by atoms with Gasteiger partial charge in [0.05, 0.1) is 26.0 Å². The zero-order valence-electron chi connectivity index (χ0n) is 14.0. The molecule has 2 saturated heterocycles. The van der Waals surface area contributed by atoms with Crippen molar-refractivity contribution in [2.24, 2.45) is 5.41 Å². The van der Waals surface area contributed by atoms with Crippen molar-refractivity contribution in [3.05, 3.63) is 40.9 Å². The van der Waals surface area contributed by atoms with Gasteiger partial charge in [-0.1, -0.05) is 0 Å². The van der Waals surface area contributed by atoms with Crippen LogP contribution in [0, 0.1) is 5.41 Å². The molecule has 2 aliphatic heterocycles. The Morgan fingerprint density at radius 2 is 2.20 bits per heavy atom. The van der Waals surface area contributed by atoms with Gasteiger partial charge in [0.1, 0.15) is 10.7 Å². The maximum Gasteiger partial charge on any atom is 0.274 e. The van der Waals surface area contributed by atoms with Crippen molar-refractivity contribution in [3.63, 3.8) is 0 Å². The summed E-state index contributed by atoms with van der Waals surface area (Å²) in [7, 11) is 0. The summed E-state index contributed by atoms with van der Waals surface area (Å²) in [4.78, 5) is 29.6. The number of carbonyl (C=O) groups is 1. The Labute approximate surface area is 150 Å². The van der Waals surface area contributed by atoms with Gasteiger partial charge in [-0.2, -0.15) is 0 Å². The van der Waals surface area contributed by atoms with Crippen molar-refractivity contribution in [1.29, 1.82) is 0 Å². The average Bonchev–Trinajstić information content (AvgIpc) is 3.23. The zero-order valence-corrected chi connectivity index (χ0v) is 14.8. The van der Waals surface area contributed by atoms with Crippen LogP contribution in [-0.2, 0) is 11.3 Å². The molecule has 2 aromatic rings. The molecule has 0 aliphatic carbocycles. The van der Waals surface area contributed by atoms with Crippen LogP contribution in [0.15, 0.2) is 30.2 Å². The number of nitrogens with zero attached hydrogens (tertiary/aromatic N) is 5. The highest BCUT2D eigenvalue weighted by Gasteiger charge is 2.42. The third kappa shape index (κ3) is 3.70. The second-order valence-electron chi connectivity index (χ2n) is 6.76. The topological polar surface area (TPSA) is 71.5 Å². The maximum atomic E-state index is 12.8. The summed E-state index contributed by atoms with van der Waals surface area (Å²) in [5, 5.41) is 3.15. The van der Waals surface area contributed by atoms with E-state index in [0.29, 0.717) is 32.0 Å². The standard InChI is InChI=1S/C17H21N5O2S/c23-16(14-9-18-2-3-19-14)22-6-7-24-13-17(12-22)1-5-21(11-17)10-15-20-4-8-25-15/h2-4,8-9H,1,5-7,10-13H2/t17-/m1/s1. The molecular weight excluding hydrogens is 338 g/mol. The van der Waals surface area contributed by atoms with Gasteiger partial charge in [-0.25, -0.2) is 9.97 Å². The van der Waals surface area contributed by atoms with Gasteiger partial charge in [-0.05, 0) is 13.0 Å². The average molecular weight is 359 g/mol. The Balaban J connectivity index is 1.46. The van der Waals surface area contributed by atoms with E-state index in [1.807, 2.05) is 16.5 Å². The van der Waals surface area contributed by atoms with Gasteiger partial charge in [0.2, 0.25) is 0 Å². The lowest BCUT2D eigenvalue weighted by Crippen LogP contribution is -2.43. The highest BCUT2D eigenvalue weighted by molar-refractivity contribution is 7.09. The van der Waals surface area contributed by atoms with Crippen molar-refractivity contribution >= 4 is 17.2 Å². The quantitative estimate of drug-likeness (QED) is 0.823. The fourth-order valence-electron chi connectivity index (χ4n) is 3.67. The minimum Gasteiger partial charge on any atom is -0.379 e. The molecule has 1 atom stereocenters. The molecule has 4 heterocycles. The Kier molecular flexibility index (Phi) is 4.74. The van der Waals surface area contributed by atoms with Crippen LogP contribution < -0.4 is 0 Å². The first-order chi connectivity index (χ1) is 12.2. The van der Waals surface area contributed by atoms with E-state index in [-0.39, 0.29) is 11.3 Å². The third-order valence-corrected chi connectivity index (χ3v) is 5.63. The van der Waals surface area contributed by atoms with E-state index in [2.05, 4.69) is 19.9 Å². The number of rotatable bonds is 3. The highest BCUT2D eigenvalue weighted by atomic mass is 32.1. The SMILES string of the molecule is O=C(c1cnccn1)N1CCOC[C@@]2(CCN(Cc3nccs3)C2)C1. The van der Waals surface area contributed by atoms with Crippen LogP contribution in [0.1, 0.15) is 21.9 Å². The number of amides is 1. The predicted octanol–water partition coefficient (Wildman–Crippen LogP) is 1.30. The molecule has 2 fully saturated rings. The van der Waals surface area contributed by atoms with Crippen LogP contribution >= 0.6 is 11.3 Å². The molecule has 1 amide bonds. The summed E-state index contributed by atoms with van der Waals surface area (Å²) in [5.74, 6) is -0.0589. The third-order valence-electron chi connectivity index (χ3n) is 4.87. The molecule has 8 heteroatoms. The maximum absolute atomic E-state index is 12.8. The Hall–Kier alpha value is -1.90. The Morgan fingerprint density at radius 3 is 3.00 bits per heavy atom. The van der Waals surface area contributed by atoms with Gasteiger partial charge < -0.3 is 9.64 Å². The van der Waals surface area contributed by atoms with E-state index in [1.165, 1.54) is 6.20 Å². The normalized spacial score (nSPS) is 24.6. The molecule has 0 saturated carbocycles. The van der Waals surface area contributed by atoms with Crippen molar-refractivity contribution in [2.75, 3.05) is 39.4 Å². The van der Waals surface area contributed by atoms with Crippen LogP contribution in [0.4, 0.5) is 0 Å². The number of hydrogen-bond acceptors (Lipinski definition) is 7. The number of thiazole rings is 1. The molecule has 2 aliphatic rings. The van der Waals surface area contributed by atoms with Crippen molar-refractivity contribution in [1.82, 2.24) is 24.8 Å². The first-order valence-electron chi connectivity index (χ1n) is 8.48. The molecule has 0 bridgehead atoms. The summed E-state index contributed by atoms with van der Waals surface area (Å²) >= 11 is 1.69. The van der Waals surface area contributed by atoms with E-state index in [4.69, 9.17) is 4.74 Å². The minimum atomic E-state index is -0.0589. The van der Waals surface area contributed by atoms with Crippen LogP contribution in [-0.4, -0.2) is 70.1 Å². The molecule has 7 nitrogen and oxygen atoms in total. The number of carbonyl (C=O) groups excluding carboxylic acids is 1. The highest BCUT2D eigenvalue weighted by Crippen LogP contribution is 2.34. The molecule has 0 N–H and O–H groups in total. The monoisotopic (exact) mass is 359 g/mol. The van der Waals surface area contributed by atoms with Crippen molar-refractivity contribution < 1.29 is 9.53 Å². The van der Waals surface area contributed by atoms with Crippen LogP contribution in [0.5, 0.6) is 0 Å². The summed E-state index contributed by atoms with van der Waals surface area (Å²) in [6, 6.07) is 0. The van der Waals surface area contributed by atoms with Gasteiger partial charge in [0, 0.05) is 49.0 Å². The molecule has 0 aromatic carbocycles. The minimum absolute atomic E-state index is 0.00831. The molecule has 0 unspecified atom stereocenters. The first kappa shape index (κ1) is 16.6. The van der Waals surface area contributed by atoms with Crippen molar-refractivity contribution in [3.8, 4) is 0 Å². The second kappa shape index (κ2) is 7.15. The molecule has 4 rings (SSSR count). The fraction of sp³-hybridized carbons (Fsp3) is 0.529. The molecule has 25 heavy (non-hydrogen) atoms. The largest absolute Gasteiger partial charge is 0.379 e. The van der Waals surface area contributed by atoms with E-state index in [9.17, 15) is 4.79 Å². The summed E-state index contributed by atoms with van der Waals surface area (Å²) in [6.07, 6.45) is 7.55. The van der Waals surface area contributed by atoms with Crippen LogP contribution in [0.25, 0.3) is 0 Å². The smallest absolute Gasteiger partial charge is 0.274 e. The Morgan fingerprint density at radius 1 is 1.24 bits per heavy atom. The second-order valence-corrected chi connectivity index (χ2v) is 7.74. The summed E-state index contributed by atoms with van der Waals surface area (Å²) in [5.41, 5.74) is 0.392. The zero-order chi connectivity index (χ0) is 17.1. The van der Waals surface area contributed by atoms with Gasteiger partial charge in [0.25, 0.3) is 5.91 Å². The predicted molar refractivity (Wildman–Crippen MR) is 93.2 cm³/mol. The van der Waals surface area contributed by atoms with Gasteiger partial charge in [-0.15, -0.1) is 11.3 Å². The fourth-order valence-corrected chi connectivity index (χ4v) is 4.33. The summed E-state index contributed by atoms with van der Waals surface area (Å²) < 4.78 is 5.86. The number of ether oxygens (including phenoxy) is 1. The van der Waals surface area contributed by atoms with E-state index < -0.39 is 0 Å². The lowest BCUT2D eigenvalue weighted by molar-refractivity contribution is 0.0640. The van der Waals surface area contributed by atoms with E-state index in [1.54, 1.807) is 23.7 Å². The van der Waals surface area contributed by atoms with E-state index in [0.717, 1.165) is 31.1 Å². The lowest BCUT2D eigenvalue weighted by atomic mass is 9.87. The number of hydrogen-bond donors (Lipinski definition) is 0. The molecular formula is C17H21N5O2S. The summed E-state index contributed by atoms with van der Waals surface area (Å²) in [6.45, 7) is 5.39. The number of likely N-dealkylation sites (tertiary alicyclic amines) is 1. The number of aromatic nitrogens is 3. The molecule has 1 spiro atoms. The van der Waals surface area contributed by atoms with Gasteiger partial charge >= 0.3 is 0 Å². The van der Waals surface area contributed by atoms with Crippen molar-refractivity contribution in [2.45, 2.75) is 13.0 Å². The Bertz CT molecular complexity index is 711. The molecule has 0 radical (unpaired) electrons.